The van der Waals surface area contributed by atoms with E-state index in [0.717, 1.165) is 28.8 Å². The molecule has 0 bridgehead atoms. The van der Waals surface area contributed by atoms with Gasteiger partial charge in [0.2, 0.25) is 5.75 Å². The van der Waals surface area contributed by atoms with Gasteiger partial charge in [-0.1, -0.05) is 30.0 Å². The Kier molecular flexibility index (Phi) is 6.79. The van der Waals surface area contributed by atoms with Gasteiger partial charge in [0, 0.05) is 6.92 Å². The van der Waals surface area contributed by atoms with E-state index in [2.05, 4.69) is 0 Å². The van der Waals surface area contributed by atoms with Gasteiger partial charge in [0.15, 0.2) is 15.8 Å². The van der Waals surface area contributed by atoms with Crippen LogP contribution in [0.25, 0.3) is 6.08 Å². The van der Waals surface area contributed by atoms with Gasteiger partial charge in [0.25, 0.3) is 5.91 Å². The van der Waals surface area contributed by atoms with Gasteiger partial charge >= 0.3 is 12.1 Å². The van der Waals surface area contributed by atoms with E-state index in [1.807, 2.05) is 0 Å². The number of carbonyl (C=O) groups is 2. The second-order valence-electron chi connectivity index (χ2n) is 6.41. The number of carbonyl (C=O) groups excluding carboxylic acids is 2. The number of alkyl halides is 3. The molecule has 1 aliphatic rings. The van der Waals surface area contributed by atoms with E-state index in [-0.39, 0.29) is 32.2 Å². The summed E-state index contributed by atoms with van der Waals surface area (Å²) in [6.07, 6.45) is -3.06. The molecule has 2 aromatic rings. The number of hydrogen-bond donors (Lipinski definition) is 0. The minimum Gasteiger partial charge on any atom is -0.493 e. The predicted molar refractivity (Wildman–Crippen MR) is 118 cm³/mol. The quantitative estimate of drug-likeness (QED) is 0.255. The van der Waals surface area contributed by atoms with Crippen molar-refractivity contribution in [2.75, 3.05) is 19.1 Å². The number of amides is 1. The number of halogens is 3. The van der Waals surface area contributed by atoms with Crippen LogP contribution in [-0.2, 0) is 15.8 Å². The highest BCUT2D eigenvalue weighted by atomic mass is 32.2. The minimum atomic E-state index is -4.55. The van der Waals surface area contributed by atoms with Crippen LogP contribution in [0.15, 0.2) is 41.3 Å². The second kappa shape index (κ2) is 9.21. The third-order valence-corrected chi connectivity index (χ3v) is 5.55. The Morgan fingerprint density at radius 3 is 2.28 bits per heavy atom. The lowest BCUT2D eigenvalue weighted by Gasteiger charge is -2.16. The number of benzene rings is 2. The predicted octanol–water partition coefficient (Wildman–Crippen LogP) is 5.05. The van der Waals surface area contributed by atoms with Crippen LogP contribution in [0.2, 0.25) is 0 Å². The fourth-order valence-corrected chi connectivity index (χ4v) is 4.19. The van der Waals surface area contributed by atoms with Crippen molar-refractivity contribution < 1.29 is 37.0 Å². The molecule has 0 unspecified atom stereocenters. The minimum absolute atomic E-state index is 0.0195. The van der Waals surface area contributed by atoms with Gasteiger partial charge in [-0.2, -0.15) is 13.2 Å². The summed E-state index contributed by atoms with van der Waals surface area (Å²) in [6.45, 7) is 1.23. The number of hydrogen-bond acceptors (Lipinski definition) is 7. The molecule has 0 aliphatic carbocycles. The van der Waals surface area contributed by atoms with Gasteiger partial charge in [-0.25, -0.2) is 0 Å². The molecule has 1 heterocycles. The number of anilines is 1. The maximum atomic E-state index is 13.1. The maximum Gasteiger partial charge on any atom is 0.416 e. The number of methoxy groups -OCH3 is 2. The van der Waals surface area contributed by atoms with Crippen LogP contribution in [0, 0.1) is 0 Å². The fourth-order valence-electron chi connectivity index (χ4n) is 2.89. The van der Waals surface area contributed by atoms with Crippen molar-refractivity contribution in [1.29, 1.82) is 0 Å². The first-order valence-corrected chi connectivity index (χ1v) is 10.2. The highest BCUT2D eigenvalue weighted by molar-refractivity contribution is 8.27. The molecular weight excluding hydrogens is 467 g/mol. The lowest BCUT2D eigenvalue weighted by atomic mass is 10.1. The molecular formula is C21H16F3NO5S2. The van der Waals surface area contributed by atoms with Crippen LogP contribution in [0.3, 0.4) is 0 Å². The molecule has 6 nitrogen and oxygen atoms in total. The number of nitrogens with zero attached hydrogens (tertiary/aromatic N) is 1. The van der Waals surface area contributed by atoms with E-state index in [1.165, 1.54) is 51.5 Å². The van der Waals surface area contributed by atoms with Crippen molar-refractivity contribution in [1.82, 2.24) is 0 Å². The summed E-state index contributed by atoms with van der Waals surface area (Å²) < 4.78 is 54.9. The monoisotopic (exact) mass is 483 g/mol. The summed E-state index contributed by atoms with van der Waals surface area (Å²) in [5.74, 6) is -0.674. The van der Waals surface area contributed by atoms with Crippen molar-refractivity contribution in [2.24, 2.45) is 0 Å². The molecule has 0 saturated carbocycles. The molecule has 1 saturated heterocycles. The van der Waals surface area contributed by atoms with Gasteiger partial charge in [0.05, 0.1) is 30.4 Å². The summed E-state index contributed by atoms with van der Waals surface area (Å²) in [5.41, 5.74) is -0.395. The highest BCUT2D eigenvalue weighted by Crippen LogP contribution is 2.42. The Morgan fingerprint density at radius 2 is 1.75 bits per heavy atom. The van der Waals surface area contributed by atoms with Gasteiger partial charge in [-0.05, 0) is 42.0 Å². The molecule has 3 rings (SSSR count). The van der Waals surface area contributed by atoms with E-state index >= 15 is 0 Å². The third-order valence-electron chi connectivity index (χ3n) is 4.25. The third kappa shape index (κ3) is 4.89. The van der Waals surface area contributed by atoms with Crippen LogP contribution in [0.1, 0.15) is 18.1 Å². The summed E-state index contributed by atoms with van der Waals surface area (Å²) in [4.78, 5) is 25.5. The van der Waals surface area contributed by atoms with Gasteiger partial charge in [0.1, 0.15) is 0 Å². The standard InChI is InChI=1S/C21H16F3NO5S2/c1-11(26)30-18-15(28-2)7-12(8-16(18)29-3)9-17-19(27)25(20(31)32-17)14-6-4-5-13(10-14)21(22,23)24/h4-10H,1-3H3. The zero-order chi connectivity index (χ0) is 23.6. The Balaban J connectivity index is 1.98. The molecule has 0 atom stereocenters. The summed E-state index contributed by atoms with van der Waals surface area (Å²) in [5, 5.41) is 0. The molecule has 2 aromatic carbocycles. The molecule has 168 valence electrons. The molecule has 1 amide bonds. The molecule has 11 heteroatoms. The van der Waals surface area contributed by atoms with Crippen molar-refractivity contribution in [3.05, 3.63) is 52.4 Å². The number of rotatable bonds is 5. The smallest absolute Gasteiger partial charge is 0.416 e. The fraction of sp³-hybridized carbons (Fsp3) is 0.190. The highest BCUT2D eigenvalue weighted by Gasteiger charge is 2.36. The van der Waals surface area contributed by atoms with Crippen molar-refractivity contribution >= 4 is 51.9 Å². The maximum absolute atomic E-state index is 13.1. The van der Waals surface area contributed by atoms with E-state index in [9.17, 15) is 22.8 Å². The van der Waals surface area contributed by atoms with Gasteiger partial charge in [-0.15, -0.1) is 0 Å². The summed E-state index contributed by atoms with van der Waals surface area (Å²) >= 11 is 6.18. The van der Waals surface area contributed by atoms with Crippen LogP contribution in [-0.4, -0.2) is 30.4 Å². The molecule has 0 aromatic heterocycles. The first-order chi connectivity index (χ1) is 15.0. The second-order valence-corrected chi connectivity index (χ2v) is 8.09. The topological polar surface area (TPSA) is 65.1 Å². The number of thiocarbonyl (C=S) groups is 1. The molecule has 0 radical (unpaired) electrons. The Bertz CT molecular complexity index is 1110. The van der Waals surface area contributed by atoms with Crippen LogP contribution in [0.5, 0.6) is 17.2 Å². The zero-order valence-corrected chi connectivity index (χ0v) is 18.6. The molecule has 1 aliphatic heterocycles. The van der Waals surface area contributed by atoms with Crippen LogP contribution in [0.4, 0.5) is 18.9 Å². The van der Waals surface area contributed by atoms with Crippen molar-refractivity contribution in [3.63, 3.8) is 0 Å². The lowest BCUT2D eigenvalue weighted by molar-refractivity contribution is -0.137. The Morgan fingerprint density at radius 1 is 1.12 bits per heavy atom. The molecule has 32 heavy (non-hydrogen) atoms. The van der Waals surface area contributed by atoms with E-state index in [0.29, 0.717) is 5.56 Å². The summed E-state index contributed by atoms with van der Waals surface area (Å²) in [6, 6.07) is 7.43. The number of ether oxygens (including phenoxy) is 3. The normalized spacial score (nSPS) is 15.3. The van der Waals surface area contributed by atoms with Crippen molar-refractivity contribution in [2.45, 2.75) is 13.1 Å². The first-order valence-electron chi connectivity index (χ1n) is 8.94. The molecule has 1 fully saturated rings. The van der Waals surface area contributed by atoms with E-state index in [4.69, 9.17) is 26.4 Å². The van der Waals surface area contributed by atoms with Gasteiger partial charge in [-0.3, -0.25) is 14.5 Å². The van der Waals surface area contributed by atoms with Crippen LogP contribution < -0.4 is 19.1 Å². The largest absolute Gasteiger partial charge is 0.493 e. The number of esters is 1. The average Bonchev–Trinajstić information content (AvgIpc) is 3.00. The Hall–Kier alpha value is -3.05. The average molecular weight is 483 g/mol. The zero-order valence-electron chi connectivity index (χ0n) is 17.0. The lowest BCUT2D eigenvalue weighted by Crippen LogP contribution is -2.27. The molecule has 0 N–H and O–H groups in total. The summed E-state index contributed by atoms with van der Waals surface area (Å²) in [7, 11) is 2.75. The van der Waals surface area contributed by atoms with Crippen LogP contribution >= 0.6 is 24.0 Å². The molecule has 0 spiro atoms. The SMILES string of the molecule is COc1cc(C=C2SC(=S)N(c3cccc(C(F)(F)F)c3)C2=O)cc(OC)c1OC(C)=O. The van der Waals surface area contributed by atoms with Gasteiger partial charge < -0.3 is 14.2 Å². The van der Waals surface area contributed by atoms with E-state index in [1.54, 1.807) is 0 Å². The van der Waals surface area contributed by atoms with E-state index < -0.39 is 23.6 Å². The number of thioether (sulfide) groups is 1. The van der Waals surface area contributed by atoms with Crippen molar-refractivity contribution in [3.8, 4) is 17.2 Å². The Labute approximate surface area is 190 Å². The first kappa shape index (κ1) is 23.6.